The molecule has 3 N–H and O–H groups in total. The molecule has 0 radical (unpaired) electrons. The number of anilines is 1. The number of nitrogens with one attached hydrogen (secondary N) is 1. The van der Waals surface area contributed by atoms with Crippen molar-refractivity contribution in [3.63, 3.8) is 0 Å². The Morgan fingerprint density at radius 2 is 2.11 bits per heavy atom. The van der Waals surface area contributed by atoms with Gasteiger partial charge in [-0.25, -0.2) is 13.1 Å². The number of benzene rings is 1. The fourth-order valence-electron chi connectivity index (χ4n) is 1.79. The summed E-state index contributed by atoms with van der Waals surface area (Å²) in [6.45, 7) is 1.85. The summed E-state index contributed by atoms with van der Waals surface area (Å²) in [5, 5.41) is 1.98. The Morgan fingerprint density at radius 3 is 2.74 bits per heavy atom. The molecule has 0 aliphatic heterocycles. The molecule has 1 aromatic heterocycles. The number of thiophene rings is 1. The first kappa shape index (κ1) is 14.0. The van der Waals surface area contributed by atoms with Gasteiger partial charge in [0.15, 0.2) is 0 Å². The Balaban J connectivity index is 2.09. The van der Waals surface area contributed by atoms with Gasteiger partial charge < -0.3 is 5.73 Å². The standard InChI is InChI=1S/C13H16N2O2S2/c1-10(8-12-5-3-7-18-12)15-19(16,17)13-6-2-4-11(14)9-13/h2-7,9-10,15H,8,14H2,1H3. The van der Waals surface area contributed by atoms with Crippen LogP contribution in [0.5, 0.6) is 0 Å². The van der Waals surface area contributed by atoms with Gasteiger partial charge in [0.1, 0.15) is 0 Å². The monoisotopic (exact) mass is 296 g/mol. The van der Waals surface area contributed by atoms with E-state index in [0.29, 0.717) is 12.1 Å². The molecular weight excluding hydrogens is 280 g/mol. The largest absolute Gasteiger partial charge is 0.399 e. The molecule has 1 unspecified atom stereocenters. The van der Waals surface area contributed by atoms with Crippen molar-refractivity contribution in [3.05, 3.63) is 46.7 Å². The second kappa shape index (κ2) is 5.73. The third-order valence-electron chi connectivity index (χ3n) is 2.61. The number of hydrogen-bond acceptors (Lipinski definition) is 4. The molecule has 102 valence electrons. The van der Waals surface area contributed by atoms with Crippen LogP contribution in [0.4, 0.5) is 5.69 Å². The summed E-state index contributed by atoms with van der Waals surface area (Å²) in [7, 11) is -3.51. The molecule has 0 amide bonds. The molecule has 2 aromatic rings. The normalized spacial score (nSPS) is 13.3. The summed E-state index contributed by atoms with van der Waals surface area (Å²) in [6.07, 6.45) is 0.680. The maximum Gasteiger partial charge on any atom is 0.240 e. The average molecular weight is 296 g/mol. The SMILES string of the molecule is CC(Cc1cccs1)NS(=O)(=O)c1cccc(N)c1. The predicted octanol–water partition coefficient (Wildman–Crippen LogP) is 2.24. The minimum Gasteiger partial charge on any atom is -0.399 e. The maximum atomic E-state index is 12.2. The van der Waals surface area contributed by atoms with Crippen molar-refractivity contribution in [2.24, 2.45) is 0 Å². The van der Waals surface area contributed by atoms with Gasteiger partial charge in [-0.05, 0) is 43.0 Å². The highest BCUT2D eigenvalue weighted by Crippen LogP contribution is 2.15. The van der Waals surface area contributed by atoms with Crippen molar-refractivity contribution in [2.75, 3.05) is 5.73 Å². The summed E-state index contributed by atoms with van der Waals surface area (Å²) in [5.41, 5.74) is 6.04. The summed E-state index contributed by atoms with van der Waals surface area (Å²) < 4.78 is 27.0. The van der Waals surface area contributed by atoms with E-state index in [1.54, 1.807) is 23.5 Å². The molecule has 0 aliphatic rings. The molecule has 1 aromatic carbocycles. The lowest BCUT2D eigenvalue weighted by molar-refractivity contribution is 0.561. The van der Waals surface area contributed by atoms with Crippen LogP contribution in [0.2, 0.25) is 0 Å². The zero-order chi connectivity index (χ0) is 13.9. The highest BCUT2D eigenvalue weighted by Gasteiger charge is 2.17. The second-order valence-corrected chi connectivity index (χ2v) is 7.12. The summed E-state index contributed by atoms with van der Waals surface area (Å²) in [6, 6.07) is 10.1. The number of nitrogens with two attached hydrogens (primary N) is 1. The van der Waals surface area contributed by atoms with Crippen LogP contribution in [0.25, 0.3) is 0 Å². The molecule has 0 aliphatic carbocycles. The fourth-order valence-corrected chi connectivity index (χ4v) is 3.92. The van der Waals surface area contributed by atoms with Gasteiger partial charge in [0.05, 0.1) is 4.90 Å². The average Bonchev–Trinajstić information content (AvgIpc) is 2.81. The van der Waals surface area contributed by atoms with Crippen LogP contribution in [0.3, 0.4) is 0 Å². The molecule has 0 fully saturated rings. The Morgan fingerprint density at radius 1 is 1.32 bits per heavy atom. The quantitative estimate of drug-likeness (QED) is 0.831. The molecule has 0 saturated carbocycles. The molecule has 1 heterocycles. The molecule has 0 saturated heterocycles. The highest BCUT2D eigenvalue weighted by molar-refractivity contribution is 7.89. The smallest absolute Gasteiger partial charge is 0.240 e. The maximum absolute atomic E-state index is 12.2. The van der Waals surface area contributed by atoms with Crippen molar-refractivity contribution >= 4 is 27.0 Å². The number of hydrogen-bond donors (Lipinski definition) is 2. The van der Waals surface area contributed by atoms with Gasteiger partial charge in [0.2, 0.25) is 10.0 Å². The van der Waals surface area contributed by atoms with Crippen LogP contribution in [0.1, 0.15) is 11.8 Å². The molecule has 1 atom stereocenters. The van der Waals surface area contributed by atoms with E-state index in [2.05, 4.69) is 4.72 Å². The lowest BCUT2D eigenvalue weighted by Gasteiger charge is -2.13. The van der Waals surface area contributed by atoms with Crippen LogP contribution in [0.15, 0.2) is 46.7 Å². The van der Waals surface area contributed by atoms with E-state index in [0.717, 1.165) is 4.88 Å². The van der Waals surface area contributed by atoms with E-state index in [4.69, 9.17) is 5.73 Å². The minimum atomic E-state index is -3.51. The topological polar surface area (TPSA) is 72.2 Å². The van der Waals surface area contributed by atoms with E-state index < -0.39 is 10.0 Å². The van der Waals surface area contributed by atoms with E-state index in [1.165, 1.54) is 12.1 Å². The van der Waals surface area contributed by atoms with Crippen LogP contribution in [0, 0.1) is 0 Å². The van der Waals surface area contributed by atoms with Gasteiger partial charge in [-0.2, -0.15) is 0 Å². The predicted molar refractivity (Wildman–Crippen MR) is 78.7 cm³/mol. The Hall–Kier alpha value is -1.37. The summed E-state index contributed by atoms with van der Waals surface area (Å²) in [4.78, 5) is 1.35. The molecule has 6 heteroatoms. The van der Waals surface area contributed by atoms with Gasteiger partial charge in [-0.15, -0.1) is 11.3 Å². The summed E-state index contributed by atoms with van der Waals surface area (Å²) in [5.74, 6) is 0. The van der Waals surface area contributed by atoms with Crippen molar-refractivity contribution in [3.8, 4) is 0 Å². The number of nitrogen functional groups attached to an aromatic ring is 1. The van der Waals surface area contributed by atoms with Gasteiger partial charge in [0.25, 0.3) is 0 Å². The van der Waals surface area contributed by atoms with Gasteiger partial charge in [-0.3, -0.25) is 0 Å². The van der Waals surface area contributed by atoms with Crippen LogP contribution < -0.4 is 10.5 Å². The first-order chi connectivity index (χ1) is 8.97. The Labute approximate surface area is 117 Å². The van der Waals surface area contributed by atoms with Crippen molar-refractivity contribution in [1.82, 2.24) is 4.72 Å². The molecule has 4 nitrogen and oxygen atoms in total. The van der Waals surface area contributed by atoms with E-state index in [1.807, 2.05) is 24.4 Å². The second-order valence-electron chi connectivity index (χ2n) is 4.38. The lowest BCUT2D eigenvalue weighted by atomic mass is 10.2. The van der Waals surface area contributed by atoms with Crippen LogP contribution in [-0.4, -0.2) is 14.5 Å². The van der Waals surface area contributed by atoms with Gasteiger partial charge >= 0.3 is 0 Å². The van der Waals surface area contributed by atoms with Crippen molar-refractivity contribution < 1.29 is 8.42 Å². The number of sulfonamides is 1. The molecule has 0 spiro atoms. The van der Waals surface area contributed by atoms with Gasteiger partial charge in [0, 0.05) is 16.6 Å². The first-order valence-electron chi connectivity index (χ1n) is 5.87. The van der Waals surface area contributed by atoms with Crippen molar-refractivity contribution in [2.45, 2.75) is 24.3 Å². The molecule has 2 rings (SSSR count). The van der Waals surface area contributed by atoms with E-state index in [9.17, 15) is 8.42 Å². The molecule has 19 heavy (non-hydrogen) atoms. The first-order valence-corrected chi connectivity index (χ1v) is 8.24. The zero-order valence-corrected chi connectivity index (χ0v) is 12.2. The molecular formula is C13H16N2O2S2. The summed E-state index contributed by atoms with van der Waals surface area (Å²) >= 11 is 1.62. The minimum absolute atomic E-state index is 0.162. The molecule has 0 bridgehead atoms. The Kier molecular flexibility index (Phi) is 4.24. The van der Waals surface area contributed by atoms with Crippen LogP contribution >= 0.6 is 11.3 Å². The van der Waals surface area contributed by atoms with E-state index in [-0.39, 0.29) is 10.9 Å². The third-order valence-corrected chi connectivity index (χ3v) is 5.10. The van der Waals surface area contributed by atoms with Gasteiger partial charge in [-0.1, -0.05) is 12.1 Å². The third kappa shape index (κ3) is 3.79. The van der Waals surface area contributed by atoms with E-state index >= 15 is 0 Å². The zero-order valence-electron chi connectivity index (χ0n) is 10.5. The lowest BCUT2D eigenvalue weighted by Crippen LogP contribution is -2.33. The Bertz CT molecular complexity index is 636. The fraction of sp³-hybridized carbons (Fsp3) is 0.231. The highest BCUT2D eigenvalue weighted by atomic mass is 32.2. The number of rotatable bonds is 5. The van der Waals surface area contributed by atoms with Crippen LogP contribution in [-0.2, 0) is 16.4 Å². The van der Waals surface area contributed by atoms with Crippen molar-refractivity contribution in [1.29, 1.82) is 0 Å².